The van der Waals surface area contributed by atoms with Crippen molar-refractivity contribution in [2.24, 2.45) is 0 Å². The van der Waals surface area contributed by atoms with Crippen molar-refractivity contribution >= 4 is 59.3 Å². The van der Waals surface area contributed by atoms with Gasteiger partial charge in [0.2, 0.25) is 47.6 Å². The molecule has 0 bridgehead atoms. The fourth-order valence-electron chi connectivity index (χ4n) is 2.36. The van der Waals surface area contributed by atoms with Gasteiger partial charge in [0.25, 0.3) is 0 Å². The number of rotatable bonds is 11. The van der Waals surface area contributed by atoms with Crippen LogP contribution in [-0.2, 0) is 37.0 Å². The van der Waals surface area contributed by atoms with Crippen molar-refractivity contribution in [3.8, 4) is 0 Å². The first kappa shape index (κ1) is 24.0. The fourth-order valence-corrected chi connectivity index (χ4v) is 2.36. The van der Waals surface area contributed by atoms with Gasteiger partial charge in [0, 0.05) is 18.2 Å². The molecule has 0 aliphatic heterocycles. The van der Waals surface area contributed by atoms with E-state index in [0.29, 0.717) is 28.7 Å². The number of anilines is 1. The molecular weight excluding hydrogens is 379 g/mol. The van der Waals surface area contributed by atoms with Gasteiger partial charge in [-0.15, -0.1) is 0 Å². The summed E-state index contributed by atoms with van der Waals surface area (Å²) in [7, 11) is 16.4. The predicted octanol–water partition coefficient (Wildman–Crippen LogP) is 1.20. The summed E-state index contributed by atoms with van der Waals surface area (Å²) >= 11 is 0. The van der Waals surface area contributed by atoms with E-state index in [0.717, 1.165) is 0 Å². The smallest absolute Gasteiger partial charge is 0.236 e. The van der Waals surface area contributed by atoms with Gasteiger partial charge in [0.05, 0.1) is 12.3 Å². The highest BCUT2D eigenvalue weighted by atomic mass is 16.5. The number of amides is 1. The van der Waals surface area contributed by atoms with Crippen molar-refractivity contribution in [1.82, 2.24) is 0 Å². The summed E-state index contributed by atoms with van der Waals surface area (Å²) in [6, 6.07) is 3.17. The zero-order chi connectivity index (χ0) is 21.8. The van der Waals surface area contributed by atoms with Gasteiger partial charge in [-0.05, 0) is 23.3 Å². The fraction of sp³-hybridized carbons (Fsp3) is 0.294. The third-order valence-corrected chi connectivity index (χ3v) is 3.37. The highest BCUT2D eigenvalue weighted by Gasteiger charge is 2.13. The maximum absolute atomic E-state index is 11.0. The van der Waals surface area contributed by atoms with E-state index in [-0.39, 0.29) is 32.1 Å². The van der Waals surface area contributed by atoms with Crippen LogP contribution in [0.1, 0.15) is 16.7 Å². The van der Waals surface area contributed by atoms with Crippen LogP contribution in [0, 0.1) is 0 Å². The van der Waals surface area contributed by atoms with Gasteiger partial charge in [-0.3, -0.25) is 19.2 Å². The molecule has 1 amide bonds. The summed E-state index contributed by atoms with van der Waals surface area (Å²) in [6.45, 7) is -0.540. The van der Waals surface area contributed by atoms with Crippen LogP contribution in [-0.4, -0.2) is 67.9 Å². The molecule has 1 rings (SSSR count). The summed E-state index contributed by atoms with van der Waals surface area (Å²) in [5.74, 6) is -3.00. The highest BCUT2D eigenvalue weighted by Crippen LogP contribution is 2.26. The number of carbonyl (C=O) groups is 4. The Morgan fingerprint density at radius 3 is 1.86 bits per heavy atom. The molecule has 0 spiro atoms. The van der Waals surface area contributed by atoms with E-state index in [2.05, 4.69) is 5.32 Å². The van der Waals surface area contributed by atoms with Gasteiger partial charge < -0.3 is 24.3 Å². The molecule has 9 nitrogen and oxygen atoms in total. The van der Waals surface area contributed by atoms with Gasteiger partial charge in [0.15, 0.2) is 0 Å². The Hall–Kier alpha value is -3.01. The average molecular weight is 395 g/mol. The van der Waals surface area contributed by atoms with E-state index >= 15 is 0 Å². The summed E-state index contributed by atoms with van der Waals surface area (Å²) < 4.78 is 19.4. The second kappa shape index (κ2) is 12.5. The van der Waals surface area contributed by atoms with Crippen LogP contribution in [0.3, 0.4) is 0 Å². The number of ether oxygens (including phenoxy) is 4. The summed E-state index contributed by atoms with van der Waals surface area (Å²) in [5.41, 5.74) is 2.06. The molecule has 0 aromatic heterocycles. The van der Waals surface area contributed by atoms with Crippen molar-refractivity contribution < 1.29 is 38.1 Å². The molecule has 0 aliphatic carbocycles. The maximum atomic E-state index is 11.0. The largest absolute Gasteiger partial charge is 0.470 e. The number of nitrogens with one attached hydrogen (secondary N) is 1. The van der Waals surface area contributed by atoms with Gasteiger partial charge in [-0.25, -0.2) is 0 Å². The molecule has 0 atom stereocenters. The second-order valence-corrected chi connectivity index (χ2v) is 5.54. The quantitative estimate of drug-likeness (QED) is 0.338. The van der Waals surface area contributed by atoms with Crippen LogP contribution in [0.5, 0.6) is 0 Å². The molecule has 0 unspecified atom stereocenters. The Morgan fingerprint density at radius 2 is 1.45 bits per heavy atom. The van der Waals surface area contributed by atoms with E-state index in [1.54, 1.807) is 18.2 Å². The first-order chi connectivity index (χ1) is 13.8. The lowest BCUT2D eigenvalue weighted by Gasteiger charge is -2.16. The Kier molecular flexibility index (Phi) is 10.3. The van der Waals surface area contributed by atoms with Crippen LogP contribution in [0.4, 0.5) is 20.1 Å². The van der Waals surface area contributed by atoms with Crippen molar-refractivity contribution in [1.29, 1.82) is 0 Å². The minimum atomic E-state index is -1.02. The third kappa shape index (κ3) is 9.16. The molecule has 0 fully saturated rings. The first-order valence-corrected chi connectivity index (χ1v) is 8.07. The van der Waals surface area contributed by atoms with Gasteiger partial charge in [-0.2, -0.15) is 0 Å². The summed E-state index contributed by atoms with van der Waals surface area (Å²) in [6.07, 6.45) is 2.03. The van der Waals surface area contributed by atoms with E-state index < -0.39 is 17.6 Å². The Bertz CT molecular complexity index is 758. The molecule has 6 radical (unpaired) electrons. The molecule has 29 heavy (non-hydrogen) atoms. The molecule has 146 valence electrons. The average Bonchev–Trinajstić information content (AvgIpc) is 2.64. The number of carbonyl (C=O) groups excluding carboxylic acids is 4. The van der Waals surface area contributed by atoms with Crippen molar-refractivity contribution in [3.63, 3.8) is 0 Å². The second-order valence-electron chi connectivity index (χ2n) is 5.54. The molecule has 1 N–H and O–H groups in total. The zero-order valence-corrected chi connectivity index (χ0v) is 15.6. The Balaban J connectivity index is 3.40. The molecular formula is C17H16B3NO8. The lowest BCUT2D eigenvalue weighted by atomic mass is 10.0. The van der Waals surface area contributed by atoms with Crippen molar-refractivity contribution in [2.45, 2.75) is 13.2 Å². The van der Waals surface area contributed by atoms with Crippen LogP contribution < -0.4 is 5.32 Å². The monoisotopic (exact) mass is 395 g/mol. The normalized spacial score (nSPS) is 10.7. The lowest BCUT2D eigenvalue weighted by Crippen LogP contribution is -2.11. The van der Waals surface area contributed by atoms with Crippen LogP contribution in [0.25, 0.3) is 6.08 Å². The van der Waals surface area contributed by atoms with E-state index in [9.17, 15) is 19.2 Å². The third-order valence-electron chi connectivity index (χ3n) is 3.37. The molecule has 12 heteroatoms. The van der Waals surface area contributed by atoms with E-state index in [1.165, 1.54) is 7.11 Å². The van der Waals surface area contributed by atoms with Gasteiger partial charge in [0.1, 0.15) is 19.8 Å². The predicted molar refractivity (Wildman–Crippen MR) is 105 cm³/mol. The van der Waals surface area contributed by atoms with Gasteiger partial charge in [-0.1, -0.05) is 6.08 Å². The maximum Gasteiger partial charge on any atom is 0.236 e. The number of hydrogen-bond acceptors (Lipinski definition) is 8. The van der Waals surface area contributed by atoms with Crippen LogP contribution in [0.15, 0.2) is 17.7 Å². The minimum absolute atomic E-state index is 0.127. The topological polar surface area (TPSA) is 117 Å². The molecule has 0 saturated heterocycles. The number of hydrogen-bond donors (Lipinski definition) is 1. The standard InChI is InChI=1S/C17H16B3NO8/c1-26-5-11(6-27-15(18)23)2-10-3-12(7-28-16(19)24)14(21-9-22)13(4-10)8-29-17(20)25/h2-4,9H,5-8H2,1H3,(H,21,22)/b11-2-. The Labute approximate surface area is 171 Å². The summed E-state index contributed by atoms with van der Waals surface area (Å²) in [5, 5.41) is 2.46. The van der Waals surface area contributed by atoms with E-state index in [1.807, 2.05) is 0 Å². The number of methoxy groups -OCH3 is 1. The SMILES string of the molecule is [B]C(=O)OC/C(=C\c1cc(COC([B])=O)c(NC=O)c(COC([B])=O)c1)COC. The lowest BCUT2D eigenvalue weighted by molar-refractivity contribution is -0.105. The van der Waals surface area contributed by atoms with Gasteiger partial charge >= 0.3 is 0 Å². The van der Waals surface area contributed by atoms with Crippen molar-refractivity contribution in [3.05, 3.63) is 34.4 Å². The van der Waals surface area contributed by atoms with Crippen LogP contribution in [0.2, 0.25) is 0 Å². The molecule has 0 saturated carbocycles. The molecule has 0 heterocycles. The summed E-state index contributed by atoms with van der Waals surface area (Å²) in [4.78, 5) is 43.8. The highest BCUT2D eigenvalue weighted by molar-refractivity contribution is 6.55. The Morgan fingerprint density at radius 1 is 0.931 bits per heavy atom. The molecule has 0 aliphatic rings. The van der Waals surface area contributed by atoms with E-state index in [4.69, 9.17) is 42.5 Å². The number of benzene rings is 1. The zero-order valence-electron chi connectivity index (χ0n) is 15.6. The van der Waals surface area contributed by atoms with Crippen molar-refractivity contribution in [2.75, 3.05) is 25.6 Å². The van der Waals surface area contributed by atoms with Crippen LogP contribution >= 0.6 is 0 Å². The first-order valence-electron chi connectivity index (χ1n) is 8.07. The molecule has 1 aromatic carbocycles. The molecule has 1 aromatic rings. The minimum Gasteiger partial charge on any atom is -0.470 e.